The van der Waals surface area contributed by atoms with Gasteiger partial charge >= 0.3 is 0 Å². The Morgan fingerprint density at radius 1 is 0.297 bits per heavy atom. The molecule has 13 rings (SSSR count). The average Bonchev–Trinajstić information content (AvgIpc) is 3.71. The summed E-state index contributed by atoms with van der Waals surface area (Å²) in [5.41, 5.74) is 15.3. The molecule has 1 aliphatic rings. The van der Waals surface area contributed by atoms with Crippen LogP contribution < -0.4 is 0 Å². The van der Waals surface area contributed by atoms with Crippen LogP contribution in [0.25, 0.3) is 121 Å². The lowest BCUT2D eigenvalue weighted by Crippen LogP contribution is -2.33. The van der Waals surface area contributed by atoms with E-state index in [4.69, 9.17) is 0 Å². The van der Waals surface area contributed by atoms with Crippen molar-refractivity contribution in [3.63, 3.8) is 0 Å². The van der Waals surface area contributed by atoms with E-state index in [9.17, 15) is 5.11 Å². The molecule has 0 amide bonds. The summed E-state index contributed by atoms with van der Waals surface area (Å²) in [7, 11) is 0. The number of hydrogen-bond donors (Lipinski definition) is 1. The molecule has 2 heterocycles. The number of rotatable bonds is 5. The van der Waals surface area contributed by atoms with Crippen molar-refractivity contribution in [3.05, 3.63) is 230 Å². The Bertz CT molecular complexity index is 3820. The van der Waals surface area contributed by atoms with Gasteiger partial charge in [0.05, 0.1) is 11.0 Å². The number of hydrogen-bond acceptors (Lipinski definition) is 1. The third-order valence-electron chi connectivity index (χ3n) is 13.8. The van der Waals surface area contributed by atoms with Crippen molar-refractivity contribution in [3.8, 4) is 66.8 Å². The molecule has 1 unspecified atom stereocenters. The van der Waals surface area contributed by atoms with E-state index >= 15 is 0 Å². The van der Waals surface area contributed by atoms with Gasteiger partial charge in [0, 0.05) is 21.9 Å². The SMILES string of the molecule is CC1(O)c2ccc(-c3ccc4c5ccccc5c5ccccc5c4c3)cc2-c2cc(-c3cccc(-c4ccccc4)c3)cc3c4cc(-c5cccc(-c6ccccc6)c5)ccc4n1c23. The molecular formula is C62H41NO. The minimum atomic E-state index is -1.32. The van der Waals surface area contributed by atoms with Gasteiger partial charge in [-0.15, -0.1) is 0 Å². The third-order valence-corrected chi connectivity index (χ3v) is 13.8. The largest absolute Gasteiger partial charge is 0.367 e. The van der Waals surface area contributed by atoms with E-state index in [0.29, 0.717) is 0 Å². The van der Waals surface area contributed by atoms with Gasteiger partial charge in [-0.05, 0) is 149 Å². The van der Waals surface area contributed by atoms with E-state index in [1.165, 1.54) is 54.6 Å². The monoisotopic (exact) mass is 815 g/mol. The highest BCUT2D eigenvalue weighted by atomic mass is 16.3. The van der Waals surface area contributed by atoms with Crippen molar-refractivity contribution in [2.75, 3.05) is 0 Å². The third kappa shape index (κ3) is 5.56. The summed E-state index contributed by atoms with van der Waals surface area (Å²) in [5, 5.41) is 22.7. The minimum absolute atomic E-state index is 0.884. The van der Waals surface area contributed by atoms with Crippen LogP contribution in [0, 0.1) is 0 Å². The van der Waals surface area contributed by atoms with Crippen LogP contribution in [0.1, 0.15) is 12.5 Å². The summed E-state index contributed by atoms with van der Waals surface area (Å²) in [6.07, 6.45) is 0. The quantitative estimate of drug-likeness (QED) is 0.172. The van der Waals surface area contributed by atoms with Gasteiger partial charge in [0.1, 0.15) is 0 Å². The molecule has 1 atom stereocenters. The van der Waals surface area contributed by atoms with Crippen LogP contribution in [0.5, 0.6) is 0 Å². The molecule has 0 saturated carbocycles. The van der Waals surface area contributed by atoms with Crippen molar-refractivity contribution >= 4 is 54.1 Å². The fourth-order valence-electron chi connectivity index (χ4n) is 10.7. The highest BCUT2D eigenvalue weighted by Gasteiger charge is 2.37. The Morgan fingerprint density at radius 2 is 0.703 bits per heavy atom. The van der Waals surface area contributed by atoms with Crippen LogP contribution in [-0.4, -0.2) is 9.67 Å². The maximum atomic E-state index is 13.0. The first-order valence-electron chi connectivity index (χ1n) is 22.1. The van der Waals surface area contributed by atoms with Gasteiger partial charge in [-0.3, -0.25) is 0 Å². The molecule has 2 heteroatoms. The second kappa shape index (κ2) is 14.0. The molecule has 1 N–H and O–H groups in total. The fourth-order valence-corrected chi connectivity index (χ4v) is 10.7. The van der Waals surface area contributed by atoms with Crippen LogP contribution in [0.4, 0.5) is 0 Å². The Labute approximate surface area is 371 Å². The van der Waals surface area contributed by atoms with Gasteiger partial charge in [-0.25, -0.2) is 0 Å². The minimum Gasteiger partial charge on any atom is -0.367 e. The number of fused-ring (bicyclic) bond motifs is 11. The van der Waals surface area contributed by atoms with Gasteiger partial charge in [-0.1, -0.05) is 176 Å². The summed E-state index contributed by atoms with van der Waals surface area (Å²) in [4.78, 5) is 0. The first-order chi connectivity index (χ1) is 31.5. The predicted molar refractivity (Wildman–Crippen MR) is 270 cm³/mol. The number of aromatic nitrogens is 1. The molecule has 300 valence electrons. The second-order valence-electron chi connectivity index (χ2n) is 17.5. The fraction of sp³-hybridized carbons (Fsp3) is 0.0323. The highest BCUT2D eigenvalue weighted by molar-refractivity contribution is 6.26. The molecule has 64 heavy (non-hydrogen) atoms. The van der Waals surface area contributed by atoms with Crippen molar-refractivity contribution in [2.24, 2.45) is 0 Å². The molecule has 0 saturated heterocycles. The van der Waals surface area contributed by atoms with E-state index in [-0.39, 0.29) is 0 Å². The standard InChI is InChI=1S/C62H41NO/c1-62(64)59-30-27-46(45-26-29-53-51-24-9-8-22-49(51)50-23-10-11-25-52(50)54(53)34-45)35-55(59)57-37-48(44-21-13-19-42(33-44)40-16-6-3-7-17-40)38-58-56-36-47(28-31-60(56)63(62)61(57)58)43-20-12-18-41(32-43)39-14-4-2-5-15-39/h2-38,64H,1H3. The van der Waals surface area contributed by atoms with Crippen LogP contribution in [0.2, 0.25) is 0 Å². The smallest absolute Gasteiger partial charge is 0.166 e. The zero-order chi connectivity index (χ0) is 42.5. The van der Waals surface area contributed by atoms with Crippen LogP contribution in [0.15, 0.2) is 224 Å². The highest BCUT2D eigenvalue weighted by Crippen LogP contribution is 2.51. The Balaban J connectivity index is 1.05. The van der Waals surface area contributed by atoms with Gasteiger partial charge in [0.25, 0.3) is 0 Å². The molecule has 12 aromatic rings. The zero-order valence-corrected chi connectivity index (χ0v) is 35.3. The molecule has 1 aromatic heterocycles. The summed E-state index contributed by atoms with van der Waals surface area (Å²) in [6.45, 7) is 1.95. The van der Waals surface area contributed by atoms with E-state index in [0.717, 1.165) is 71.9 Å². The van der Waals surface area contributed by atoms with E-state index < -0.39 is 5.72 Å². The average molecular weight is 816 g/mol. The molecular weight excluding hydrogens is 775 g/mol. The molecule has 2 nitrogen and oxygen atoms in total. The Hall–Kier alpha value is -8.04. The molecule has 11 aromatic carbocycles. The number of aliphatic hydroxyl groups is 1. The zero-order valence-electron chi connectivity index (χ0n) is 35.3. The second-order valence-corrected chi connectivity index (χ2v) is 17.5. The lowest BCUT2D eigenvalue weighted by atomic mass is 9.84. The lowest BCUT2D eigenvalue weighted by molar-refractivity contribution is 0.0334. The van der Waals surface area contributed by atoms with Crippen LogP contribution >= 0.6 is 0 Å². The predicted octanol–water partition coefficient (Wildman–Crippen LogP) is 16.3. The van der Waals surface area contributed by atoms with Gasteiger partial charge in [0.2, 0.25) is 0 Å². The van der Waals surface area contributed by atoms with E-state index in [1.54, 1.807) is 0 Å². The van der Waals surface area contributed by atoms with Crippen molar-refractivity contribution in [1.82, 2.24) is 4.57 Å². The van der Waals surface area contributed by atoms with Crippen LogP contribution in [-0.2, 0) is 5.72 Å². The first kappa shape index (κ1) is 36.6. The van der Waals surface area contributed by atoms with Crippen molar-refractivity contribution < 1.29 is 5.11 Å². The molecule has 0 radical (unpaired) electrons. The lowest BCUT2D eigenvalue weighted by Gasteiger charge is -2.35. The number of nitrogens with zero attached hydrogens (tertiary/aromatic N) is 1. The Kier molecular flexibility index (Phi) is 8.00. The van der Waals surface area contributed by atoms with Gasteiger partial charge < -0.3 is 9.67 Å². The topological polar surface area (TPSA) is 25.2 Å². The molecule has 1 aliphatic heterocycles. The molecule has 0 fully saturated rings. The summed E-state index contributed by atoms with van der Waals surface area (Å²) in [6, 6.07) is 81.4. The van der Waals surface area contributed by atoms with E-state index in [2.05, 4.69) is 229 Å². The maximum absolute atomic E-state index is 13.0. The number of benzene rings is 11. The molecule has 0 spiro atoms. The van der Waals surface area contributed by atoms with Crippen LogP contribution in [0.3, 0.4) is 0 Å². The Morgan fingerprint density at radius 3 is 1.31 bits per heavy atom. The summed E-state index contributed by atoms with van der Waals surface area (Å²) < 4.78 is 2.18. The molecule has 0 bridgehead atoms. The summed E-state index contributed by atoms with van der Waals surface area (Å²) >= 11 is 0. The van der Waals surface area contributed by atoms with Gasteiger partial charge in [-0.2, -0.15) is 0 Å². The normalized spacial score (nSPS) is 14.5. The maximum Gasteiger partial charge on any atom is 0.166 e. The first-order valence-corrected chi connectivity index (χ1v) is 22.1. The van der Waals surface area contributed by atoms with Crippen molar-refractivity contribution in [2.45, 2.75) is 12.6 Å². The van der Waals surface area contributed by atoms with E-state index in [1.807, 2.05) is 6.92 Å². The summed E-state index contributed by atoms with van der Waals surface area (Å²) in [5.74, 6) is 0. The van der Waals surface area contributed by atoms with Crippen molar-refractivity contribution in [1.29, 1.82) is 0 Å². The van der Waals surface area contributed by atoms with Gasteiger partial charge in [0.15, 0.2) is 5.72 Å². The molecule has 0 aliphatic carbocycles.